The van der Waals surface area contributed by atoms with Gasteiger partial charge in [0.2, 0.25) is 0 Å². The molecule has 0 aromatic heterocycles. The molecule has 1 saturated carbocycles. The fraction of sp³-hybridized carbons (Fsp3) is 0.786. The maximum atomic E-state index is 12.2. The molecule has 0 spiro atoms. The third kappa shape index (κ3) is 3.82. The molecule has 1 heterocycles. The first-order chi connectivity index (χ1) is 9.29. The lowest BCUT2D eigenvalue weighted by atomic mass is 9.99. The summed E-state index contributed by atoms with van der Waals surface area (Å²) in [5.74, 6) is -0.138. The van der Waals surface area contributed by atoms with Crippen molar-refractivity contribution in [2.75, 3.05) is 6.54 Å². The third-order valence-electron chi connectivity index (χ3n) is 3.70. The molecule has 0 bridgehead atoms. The highest BCUT2D eigenvalue weighted by molar-refractivity contribution is 8.26. The second-order valence-electron chi connectivity index (χ2n) is 6.60. The highest BCUT2D eigenvalue weighted by Crippen LogP contribution is 2.33. The summed E-state index contributed by atoms with van der Waals surface area (Å²) >= 11 is 1.09. The minimum absolute atomic E-state index is 0.0922. The molecular formula is C14H24N4OS. The number of nitrogens with zero attached hydrogens (tertiary/aromatic N) is 2. The molecule has 2 fully saturated rings. The first-order valence-electron chi connectivity index (χ1n) is 7.19. The number of likely N-dealkylation sites (tertiary alicyclic amines) is 1. The van der Waals surface area contributed by atoms with Crippen LogP contribution in [0.1, 0.15) is 46.5 Å². The Balaban J connectivity index is 1.95. The Morgan fingerprint density at radius 1 is 1.35 bits per heavy atom. The number of nitrogens with one attached hydrogen (secondary N) is 1. The highest BCUT2D eigenvalue weighted by Gasteiger charge is 2.40. The number of thioether (sulfide) groups is 1. The van der Waals surface area contributed by atoms with Crippen molar-refractivity contribution in [1.82, 2.24) is 4.90 Å². The average Bonchev–Trinajstić information content (AvgIpc) is 3.05. The highest BCUT2D eigenvalue weighted by atomic mass is 32.2. The number of hydrogen-bond acceptors (Lipinski definition) is 4. The van der Waals surface area contributed by atoms with Crippen LogP contribution in [0.15, 0.2) is 4.99 Å². The summed E-state index contributed by atoms with van der Waals surface area (Å²) in [4.78, 5) is 18.5. The van der Waals surface area contributed by atoms with Crippen molar-refractivity contribution in [3.05, 3.63) is 0 Å². The number of rotatable bonds is 2. The summed E-state index contributed by atoms with van der Waals surface area (Å²) in [6, 6.07) is 0.494. The Labute approximate surface area is 124 Å². The number of aliphatic imine (C=N–C) groups is 1. The summed E-state index contributed by atoms with van der Waals surface area (Å²) in [6.07, 6.45) is 4.35. The zero-order valence-electron chi connectivity index (χ0n) is 12.5. The number of hydrogen-bond donors (Lipinski definition) is 2. The fourth-order valence-electron chi connectivity index (χ4n) is 2.36. The van der Waals surface area contributed by atoms with Crippen LogP contribution in [0.2, 0.25) is 0 Å². The van der Waals surface area contributed by atoms with Crippen LogP contribution in [0.3, 0.4) is 0 Å². The fourth-order valence-corrected chi connectivity index (χ4v) is 3.01. The molecule has 1 atom stereocenters. The van der Waals surface area contributed by atoms with E-state index in [1.165, 1.54) is 12.8 Å². The lowest BCUT2D eigenvalue weighted by Crippen LogP contribution is -2.37. The van der Waals surface area contributed by atoms with Crippen molar-refractivity contribution in [2.24, 2.45) is 16.1 Å². The van der Waals surface area contributed by atoms with Crippen LogP contribution in [0.4, 0.5) is 0 Å². The summed E-state index contributed by atoms with van der Waals surface area (Å²) in [5, 5.41) is 8.54. The number of carbonyl (C=O) groups excluding carboxylic acids is 1. The predicted molar refractivity (Wildman–Crippen MR) is 84.2 cm³/mol. The Morgan fingerprint density at radius 3 is 2.55 bits per heavy atom. The van der Waals surface area contributed by atoms with Crippen LogP contribution in [0.5, 0.6) is 0 Å². The van der Waals surface area contributed by atoms with E-state index in [0.717, 1.165) is 31.1 Å². The van der Waals surface area contributed by atoms with Crippen molar-refractivity contribution < 1.29 is 4.79 Å². The van der Waals surface area contributed by atoms with E-state index in [0.29, 0.717) is 11.1 Å². The summed E-state index contributed by atoms with van der Waals surface area (Å²) < 4.78 is 0. The van der Waals surface area contributed by atoms with E-state index in [1.54, 1.807) is 0 Å². The van der Waals surface area contributed by atoms with Crippen LogP contribution in [0, 0.1) is 10.8 Å². The van der Waals surface area contributed by atoms with Crippen molar-refractivity contribution in [1.29, 1.82) is 5.41 Å². The van der Waals surface area contributed by atoms with Gasteiger partial charge in [0.25, 0.3) is 5.91 Å². The number of nitrogens with two attached hydrogens (primary N) is 1. The minimum Gasteiger partial charge on any atom is -0.378 e. The Bertz CT molecular complexity index is 437. The third-order valence-corrected chi connectivity index (χ3v) is 4.82. The summed E-state index contributed by atoms with van der Waals surface area (Å²) in [5.41, 5.74) is 5.55. The number of carbonyl (C=O) groups is 1. The van der Waals surface area contributed by atoms with Gasteiger partial charge in [-0.05, 0) is 44.0 Å². The second kappa shape index (κ2) is 5.85. The first kappa shape index (κ1) is 15.5. The molecule has 2 aliphatic rings. The van der Waals surface area contributed by atoms with Gasteiger partial charge in [0, 0.05) is 11.5 Å². The van der Waals surface area contributed by atoms with E-state index in [-0.39, 0.29) is 22.5 Å². The Hall–Kier alpha value is -0.880. The normalized spacial score (nSPS) is 24.9. The molecule has 3 N–H and O–H groups in total. The van der Waals surface area contributed by atoms with Crippen LogP contribution in [-0.4, -0.2) is 39.6 Å². The zero-order valence-corrected chi connectivity index (χ0v) is 13.3. The molecule has 20 heavy (non-hydrogen) atoms. The predicted octanol–water partition coefficient (Wildman–Crippen LogP) is 2.21. The van der Waals surface area contributed by atoms with E-state index in [2.05, 4.69) is 9.89 Å². The van der Waals surface area contributed by atoms with Gasteiger partial charge in [-0.15, -0.1) is 0 Å². The van der Waals surface area contributed by atoms with Crippen molar-refractivity contribution in [3.8, 4) is 0 Å². The van der Waals surface area contributed by atoms with Gasteiger partial charge in [0.15, 0.2) is 5.17 Å². The maximum absolute atomic E-state index is 12.2. The van der Waals surface area contributed by atoms with E-state index < -0.39 is 0 Å². The van der Waals surface area contributed by atoms with Crippen LogP contribution in [-0.2, 0) is 4.79 Å². The smallest absolute Gasteiger partial charge is 0.265 e. The van der Waals surface area contributed by atoms with E-state index in [9.17, 15) is 4.79 Å². The standard InChI is InChI=1S/C14H24N4OS/c1-14(2,3)12(15)20-13(16)17-11(19)10-5-4-8-18(10)9-6-7-9/h9-10,15H,4-8H2,1-3H3,(H2,16,17,19). The van der Waals surface area contributed by atoms with E-state index in [4.69, 9.17) is 11.1 Å². The molecule has 0 aromatic carbocycles. The second-order valence-corrected chi connectivity index (χ2v) is 7.63. The van der Waals surface area contributed by atoms with Crippen LogP contribution in [0.25, 0.3) is 0 Å². The first-order valence-corrected chi connectivity index (χ1v) is 8.01. The number of amides is 1. The maximum Gasteiger partial charge on any atom is 0.265 e. The van der Waals surface area contributed by atoms with Crippen LogP contribution < -0.4 is 5.73 Å². The van der Waals surface area contributed by atoms with Gasteiger partial charge in [-0.2, -0.15) is 4.99 Å². The van der Waals surface area contributed by atoms with Gasteiger partial charge < -0.3 is 5.73 Å². The Morgan fingerprint density at radius 2 is 2.00 bits per heavy atom. The molecule has 1 aliphatic carbocycles. The van der Waals surface area contributed by atoms with Crippen molar-refractivity contribution in [3.63, 3.8) is 0 Å². The zero-order chi connectivity index (χ0) is 14.9. The van der Waals surface area contributed by atoms with Gasteiger partial charge in [0.1, 0.15) is 0 Å². The molecule has 112 valence electrons. The quantitative estimate of drug-likeness (QED) is 0.604. The molecule has 0 aromatic rings. The molecule has 1 amide bonds. The number of amidine groups is 1. The molecule has 5 nitrogen and oxygen atoms in total. The van der Waals surface area contributed by atoms with Gasteiger partial charge >= 0.3 is 0 Å². The SMILES string of the molecule is CC(C)(C)C(=N)SC(N)=NC(=O)C1CCCN1C1CC1. The summed E-state index contributed by atoms with van der Waals surface area (Å²) in [6.45, 7) is 6.84. The Kier molecular flexibility index (Phi) is 4.54. The lowest BCUT2D eigenvalue weighted by Gasteiger charge is -2.21. The van der Waals surface area contributed by atoms with E-state index in [1.807, 2.05) is 20.8 Å². The van der Waals surface area contributed by atoms with Gasteiger partial charge in [0.05, 0.1) is 11.1 Å². The van der Waals surface area contributed by atoms with Gasteiger partial charge in [-0.25, -0.2) is 0 Å². The molecule has 2 rings (SSSR count). The topological polar surface area (TPSA) is 82.5 Å². The lowest BCUT2D eigenvalue weighted by molar-refractivity contribution is -0.122. The van der Waals surface area contributed by atoms with Crippen LogP contribution >= 0.6 is 11.8 Å². The van der Waals surface area contributed by atoms with Gasteiger partial charge in [-0.1, -0.05) is 20.8 Å². The molecule has 1 unspecified atom stereocenters. The summed E-state index contributed by atoms with van der Waals surface area (Å²) in [7, 11) is 0. The molecule has 6 heteroatoms. The van der Waals surface area contributed by atoms with Crippen molar-refractivity contribution in [2.45, 2.75) is 58.5 Å². The molecular weight excluding hydrogens is 272 g/mol. The van der Waals surface area contributed by atoms with Crippen molar-refractivity contribution >= 4 is 27.9 Å². The molecule has 0 radical (unpaired) electrons. The minimum atomic E-state index is -0.263. The molecule has 1 saturated heterocycles. The molecule has 1 aliphatic heterocycles. The monoisotopic (exact) mass is 296 g/mol. The van der Waals surface area contributed by atoms with E-state index >= 15 is 0 Å². The van der Waals surface area contributed by atoms with Gasteiger partial charge in [-0.3, -0.25) is 15.1 Å². The average molecular weight is 296 g/mol. The largest absolute Gasteiger partial charge is 0.378 e.